The monoisotopic (exact) mass is 430 g/mol. The zero-order chi connectivity index (χ0) is 22.2. The lowest BCUT2D eigenvalue weighted by atomic mass is 9.89. The number of carbonyl (C=O) groups excluding carboxylic acids is 2. The first-order chi connectivity index (χ1) is 15.6. The Kier molecular flexibility index (Phi) is 5.03. The number of hydrogen-bond acceptors (Lipinski definition) is 6. The van der Waals surface area contributed by atoms with E-state index in [2.05, 4.69) is 0 Å². The van der Waals surface area contributed by atoms with Crippen LogP contribution in [0.4, 0.5) is 11.4 Å². The maximum absolute atomic E-state index is 13.6. The normalized spacial score (nSPS) is 22.2. The molecule has 32 heavy (non-hydrogen) atoms. The third kappa shape index (κ3) is 3.09. The molecule has 7 heteroatoms. The molecule has 2 aliphatic rings. The molecule has 0 N–H and O–H groups in total. The van der Waals surface area contributed by atoms with Crippen molar-refractivity contribution in [2.24, 2.45) is 5.92 Å². The summed E-state index contributed by atoms with van der Waals surface area (Å²) in [5.74, 6) is -0.228. The number of hydroxylamine groups is 1. The summed E-state index contributed by atoms with van der Waals surface area (Å²) in [5, 5.41) is 1.64. The quantitative estimate of drug-likeness (QED) is 0.575. The van der Waals surface area contributed by atoms with E-state index in [-0.39, 0.29) is 11.8 Å². The SMILES string of the molecule is COc1ccc(OC)c([C@H]2[C@H]3C(=O)N(c4ccccc4)C(=O)[C@H]3ON2c2ccccc2)c1. The Morgan fingerprint density at radius 2 is 1.44 bits per heavy atom. The lowest BCUT2D eigenvalue weighted by Gasteiger charge is -2.29. The van der Waals surface area contributed by atoms with Gasteiger partial charge in [-0.15, -0.1) is 0 Å². The van der Waals surface area contributed by atoms with E-state index in [1.807, 2.05) is 42.5 Å². The average Bonchev–Trinajstić information content (AvgIpc) is 3.35. The van der Waals surface area contributed by atoms with Gasteiger partial charge in [-0.2, -0.15) is 0 Å². The molecular formula is C25H22N2O5. The summed E-state index contributed by atoms with van der Waals surface area (Å²) < 4.78 is 11.0. The van der Waals surface area contributed by atoms with Crippen LogP contribution in [-0.2, 0) is 14.4 Å². The largest absolute Gasteiger partial charge is 0.497 e. The van der Waals surface area contributed by atoms with Gasteiger partial charge in [0.1, 0.15) is 23.5 Å². The average molecular weight is 430 g/mol. The summed E-state index contributed by atoms with van der Waals surface area (Å²) in [6.07, 6.45) is -0.941. The van der Waals surface area contributed by atoms with Gasteiger partial charge in [0.05, 0.1) is 25.6 Å². The van der Waals surface area contributed by atoms with Gasteiger partial charge in [-0.3, -0.25) is 14.4 Å². The van der Waals surface area contributed by atoms with Crippen LogP contribution in [0.25, 0.3) is 0 Å². The molecule has 0 bridgehead atoms. The molecule has 3 aromatic rings. The lowest BCUT2D eigenvalue weighted by molar-refractivity contribution is -0.126. The molecule has 0 aliphatic carbocycles. The van der Waals surface area contributed by atoms with E-state index in [0.717, 1.165) is 5.69 Å². The minimum Gasteiger partial charge on any atom is -0.497 e. The molecule has 0 aromatic heterocycles. The van der Waals surface area contributed by atoms with Crippen LogP contribution in [0.2, 0.25) is 0 Å². The van der Waals surface area contributed by atoms with Crippen LogP contribution >= 0.6 is 0 Å². The van der Waals surface area contributed by atoms with Gasteiger partial charge in [-0.25, -0.2) is 9.96 Å². The van der Waals surface area contributed by atoms with Crippen molar-refractivity contribution >= 4 is 23.2 Å². The third-order valence-electron chi connectivity index (χ3n) is 5.90. The molecular weight excluding hydrogens is 408 g/mol. The summed E-state index contributed by atoms with van der Waals surface area (Å²) in [7, 11) is 3.15. The highest BCUT2D eigenvalue weighted by Gasteiger charge is 2.60. The molecule has 0 radical (unpaired) electrons. The second kappa shape index (κ2) is 8.01. The molecule has 3 aromatic carbocycles. The number of imide groups is 1. The van der Waals surface area contributed by atoms with Gasteiger partial charge < -0.3 is 9.47 Å². The highest BCUT2D eigenvalue weighted by atomic mass is 16.7. The molecule has 5 rings (SSSR count). The first-order valence-electron chi connectivity index (χ1n) is 10.3. The summed E-state index contributed by atoms with van der Waals surface area (Å²) in [4.78, 5) is 34.4. The molecule has 7 nitrogen and oxygen atoms in total. The van der Waals surface area contributed by atoms with Crippen molar-refractivity contribution in [2.75, 3.05) is 24.2 Å². The van der Waals surface area contributed by atoms with Gasteiger partial charge in [0.2, 0.25) is 5.91 Å². The van der Waals surface area contributed by atoms with Crippen molar-refractivity contribution in [1.82, 2.24) is 0 Å². The number of amides is 2. The molecule has 3 atom stereocenters. The molecule has 2 amide bonds. The number of fused-ring (bicyclic) bond motifs is 1. The number of methoxy groups -OCH3 is 2. The van der Waals surface area contributed by atoms with Gasteiger partial charge in [0, 0.05) is 5.56 Å². The number of anilines is 2. The highest BCUT2D eigenvalue weighted by Crippen LogP contribution is 2.50. The number of hydrogen-bond donors (Lipinski definition) is 0. The third-order valence-corrected chi connectivity index (χ3v) is 5.90. The van der Waals surface area contributed by atoms with Crippen molar-refractivity contribution in [3.63, 3.8) is 0 Å². The van der Waals surface area contributed by atoms with Crippen LogP contribution in [0, 0.1) is 5.92 Å². The van der Waals surface area contributed by atoms with E-state index in [1.165, 1.54) is 4.90 Å². The van der Waals surface area contributed by atoms with Gasteiger partial charge in [-0.1, -0.05) is 36.4 Å². The minimum absolute atomic E-state index is 0.306. The van der Waals surface area contributed by atoms with Crippen LogP contribution in [0.3, 0.4) is 0 Å². The predicted molar refractivity (Wildman–Crippen MR) is 119 cm³/mol. The standard InChI is InChI=1S/C25H22N2O5/c1-30-18-13-14-20(31-2)19(15-18)22-21-23(32-27(22)17-11-7-4-8-12-17)25(29)26(24(21)28)16-9-5-3-6-10-16/h3-15,21-23H,1-2H3/t21-,22+,23+/m1/s1. The maximum Gasteiger partial charge on any atom is 0.266 e. The number of ether oxygens (including phenoxy) is 2. The summed E-state index contributed by atoms with van der Waals surface area (Å²) in [5.41, 5.74) is 1.98. The van der Waals surface area contributed by atoms with Gasteiger partial charge >= 0.3 is 0 Å². The molecule has 0 unspecified atom stereocenters. The number of nitrogens with zero attached hydrogens (tertiary/aromatic N) is 2. The molecule has 2 saturated heterocycles. The number of para-hydroxylation sites is 2. The number of carbonyl (C=O) groups is 2. The predicted octanol–water partition coefficient (Wildman–Crippen LogP) is 3.75. The smallest absolute Gasteiger partial charge is 0.266 e. The van der Waals surface area contributed by atoms with Crippen molar-refractivity contribution in [3.8, 4) is 11.5 Å². The molecule has 2 heterocycles. The van der Waals surface area contributed by atoms with Gasteiger partial charge in [-0.05, 0) is 42.5 Å². The summed E-state index contributed by atoms with van der Waals surface area (Å²) in [6, 6.07) is 23.2. The Hall–Kier alpha value is -3.84. The van der Waals surface area contributed by atoms with E-state index in [1.54, 1.807) is 55.7 Å². The maximum atomic E-state index is 13.6. The van der Waals surface area contributed by atoms with Crippen molar-refractivity contribution in [1.29, 1.82) is 0 Å². The fourth-order valence-electron chi connectivity index (χ4n) is 4.43. The number of rotatable bonds is 5. The Morgan fingerprint density at radius 1 is 0.781 bits per heavy atom. The Balaban J connectivity index is 1.64. The molecule has 0 saturated carbocycles. The topological polar surface area (TPSA) is 68.3 Å². The zero-order valence-corrected chi connectivity index (χ0v) is 17.7. The van der Waals surface area contributed by atoms with Gasteiger partial charge in [0.15, 0.2) is 6.10 Å². The van der Waals surface area contributed by atoms with Crippen molar-refractivity contribution in [2.45, 2.75) is 12.1 Å². The fourth-order valence-corrected chi connectivity index (χ4v) is 4.43. The zero-order valence-electron chi connectivity index (χ0n) is 17.7. The molecule has 0 spiro atoms. The van der Waals surface area contributed by atoms with E-state index in [9.17, 15) is 9.59 Å². The summed E-state index contributed by atoms with van der Waals surface area (Å²) in [6.45, 7) is 0. The second-order valence-electron chi connectivity index (χ2n) is 7.61. The fraction of sp³-hybridized carbons (Fsp3) is 0.200. The first-order valence-corrected chi connectivity index (χ1v) is 10.3. The molecule has 2 aliphatic heterocycles. The van der Waals surface area contributed by atoms with Gasteiger partial charge in [0.25, 0.3) is 5.91 Å². The Bertz CT molecular complexity index is 1150. The van der Waals surface area contributed by atoms with E-state index < -0.39 is 18.1 Å². The Labute approximate surface area is 185 Å². The van der Waals surface area contributed by atoms with Crippen LogP contribution in [0.15, 0.2) is 78.9 Å². The van der Waals surface area contributed by atoms with E-state index in [0.29, 0.717) is 22.7 Å². The van der Waals surface area contributed by atoms with Crippen LogP contribution in [0.1, 0.15) is 11.6 Å². The minimum atomic E-state index is -0.941. The second-order valence-corrected chi connectivity index (χ2v) is 7.61. The van der Waals surface area contributed by atoms with Crippen molar-refractivity contribution in [3.05, 3.63) is 84.4 Å². The summed E-state index contributed by atoms with van der Waals surface area (Å²) >= 11 is 0. The van der Waals surface area contributed by atoms with Crippen LogP contribution in [0.5, 0.6) is 11.5 Å². The first kappa shape index (κ1) is 20.1. The van der Waals surface area contributed by atoms with Crippen LogP contribution < -0.4 is 19.4 Å². The van der Waals surface area contributed by atoms with E-state index in [4.69, 9.17) is 14.3 Å². The molecule has 162 valence electrons. The van der Waals surface area contributed by atoms with E-state index >= 15 is 0 Å². The number of benzene rings is 3. The highest BCUT2D eigenvalue weighted by molar-refractivity contribution is 6.23. The van der Waals surface area contributed by atoms with Crippen LogP contribution in [-0.4, -0.2) is 32.1 Å². The Morgan fingerprint density at radius 3 is 2.06 bits per heavy atom. The van der Waals surface area contributed by atoms with Crippen molar-refractivity contribution < 1.29 is 23.9 Å². The lowest BCUT2D eigenvalue weighted by Crippen LogP contribution is -2.37. The molecule has 2 fully saturated rings.